The molecule has 7 heteroatoms. The topological polar surface area (TPSA) is 55.4 Å². The van der Waals surface area contributed by atoms with Gasteiger partial charge in [0.05, 0.1) is 5.75 Å². The summed E-state index contributed by atoms with van der Waals surface area (Å²) in [5.41, 5.74) is 1.54. The Kier molecular flexibility index (Phi) is 6.97. The molecule has 0 aliphatic carbocycles. The van der Waals surface area contributed by atoms with Crippen LogP contribution in [0.3, 0.4) is 0 Å². The highest BCUT2D eigenvalue weighted by molar-refractivity contribution is 8.00. The molecule has 0 saturated carbocycles. The quantitative estimate of drug-likeness (QED) is 0.585. The molecule has 126 valence electrons. The third-order valence-corrected chi connectivity index (χ3v) is 4.54. The number of ether oxygens (including phenoxy) is 1. The minimum absolute atomic E-state index is 0.140. The second kappa shape index (κ2) is 8.97. The van der Waals surface area contributed by atoms with Crippen molar-refractivity contribution in [1.82, 2.24) is 0 Å². The first-order valence-corrected chi connectivity index (χ1v) is 8.78. The summed E-state index contributed by atoms with van der Waals surface area (Å²) in [5.74, 6) is -0.772. The fourth-order valence-electron chi connectivity index (χ4n) is 1.87. The van der Waals surface area contributed by atoms with Crippen LogP contribution in [0.5, 0.6) is 0 Å². The van der Waals surface area contributed by atoms with Crippen LogP contribution >= 0.6 is 35.0 Å². The number of halogens is 2. The fourth-order valence-corrected chi connectivity index (χ4v) is 3.22. The molecule has 1 N–H and O–H groups in total. The first-order chi connectivity index (χ1) is 11.4. The van der Waals surface area contributed by atoms with E-state index in [1.165, 1.54) is 11.8 Å². The molecule has 0 aromatic heterocycles. The van der Waals surface area contributed by atoms with Gasteiger partial charge in [0.2, 0.25) is 0 Å². The van der Waals surface area contributed by atoms with E-state index >= 15 is 0 Å². The number of hydrogen-bond donors (Lipinski definition) is 1. The molecule has 2 aromatic carbocycles. The minimum Gasteiger partial charge on any atom is -0.455 e. The van der Waals surface area contributed by atoms with Crippen molar-refractivity contribution in [3.63, 3.8) is 0 Å². The monoisotopic (exact) mass is 383 g/mol. The van der Waals surface area contributed by atoms with Gasteiger partial charge in [0.1, 0.15) is 0 Å². The summed E-state index contributed by atoms with van der Waals surface area (Å²) in [7, 11) is 0. The van der Waals surface area contributed by atoms with Gasteiger partial charge in [0.25, 0.3) is 5.91 Å². The number of nitrogens with one attached hydrogen (secondary N) is 1. The Morgan fingerprint density at radius 3 is 2.46 bits per heavy atom. The zero-order valence-corrected chi connectivity index (χ0v) is 15.2. The molecule has 4 nitrogen and oxygen atoms in total. The average molecular weight is 384 g/mol. The Labute approximate surface area is 154 Å². The van der Waals surface area contributed by atoms with Gasteiger partial charge in [-0.3, -0.25) is 9.59 Å². The van der Waals surface area contributed by atoms with Gasteiger partial charge in [-0.05, 0) is 36.8 Å². The molecule has 0 bridgehead atoms. The third-order valence-electron chi connectivity index (χ3n) is 2.95. The highest BCUT2D eigenvalue weighted by atomic mass is 35.5. The van der Waals surface area contributed by atoms with Crippen molar-refractivity contribution in [2.75, 3.05) is 17.7 Å². The van der Waals surface area contributed by atoms with Crippen LogP contribution in [-0.2, 0) is 14.3 Å². The lowest BCUT2D eigenvalue weighted by molar-refractivity contribution is -0.144. The van der Waals surface area contributed by atoms with E-state index in [0.29, 0.717) is 15.7 Å². The molecule has 0 aliphatic rings. The highest BCUT2D eigenvalue weighted by Gasteiger charge is 2.10. The molecule has 2 aromatic rings. The van der Waals surface area contributed by atoms with Crippen LogP contribution < -0.4 is 5.32 Å². The average Bonchev–Trinajstić information content (AvgIpc) is 2.51. The van der Waals surface area contributed by atoms with Gasteiger partial charge in [-0.2, -0.15) is 0 Å². The standard InChI is InChI=1S/C17H15Cl2NO3S/c1-11-4-2-3-5-15(11)24-10-17(22)23-9-16(21)20-14-7-12(18)6-13(19)8-14/h2-8H,9-10H2,1H3,(H,20,21). The SMILES string of the molecule is Cc1ccccc1SCC(=O)OCC(=O)Nc1cc(Cl)cc(Cl)c1. The Balaban J connectivity index is 1.77. The molecule has 0 radical (unpaired) electrons. The normalized spacial score (nSPS) is 10.3. The molecule has 1 amide bonds. The lowest BCUT2D eigenvalue weighted by Gasteiger charge is -2.08. The first kappa shape index (κ1) is 18.6. The number of esters is 1. The summed E-state index contributed by atoms with van der Waals surface area (Å²) in [4.78, 5) is 24.5. The van der Waals surface area contributed by atoms with E-state index in [1.54, 1.807) is 18.2 Å². The maximum Gasteiger partial charge on any atom is 0.316 e. The van der Waals surface area contributed by atoms with E-state index < -0.39 is 11.9 Å². The number of anilines is 1. The van der Waals surface area contributed by atoms with E-state index in [1.807, 2.05) is 31.2 Å². The number of thioether (sulfide) groups is 1. The zero-order chi connectivity index (χ0) is 17.5. The molecule has 0 unspecified atom stereocenters. The molecular formula is C17H15Cl2NO3S. The number of carbonyl (C=O) groups excluding carboxylic acids is 2. The number of carbonyl (C=O) groups is 2. The number of benzene rings is 2. The van der Waals surface area contributed by atoms with Crippen molar-refractivity contribution in [3.05, 3.63) is 58.1 Å². The van der Waals surface area contributed by atoms with Crippen LogP contribution in [-0.4, -0.2) is 24.2 Å². The van der Waals surface area contributed by atoms with Crippen LogP contribution in [0.15, 0.2) is 47.4 Å². The van der Waals surface area contributed by atoms with Crippen LogP contribution in [0.2, 0.25) is 10.0 Å². The van der Waals surface area contributed by atoms with Crippen molar-refractivity contribution in [2.45, 2.75) is 11.8 Å². The molecule has 0 fully saturated rings. The van der Waals surface area contributed by atoms with E-state index in [4.69, 9.17) is 27.9 Å². The molecule has 0 spiro atoms. The van der Waals surface area contributed by atoms with Crippen LogP contribution in [0.1, 0.15) is 5.56 Å². The Morgan fingerprint density at radius 1 is 1.12 bits per heavy atom. The van der Waals surface area contributed by atoms with Gasteiger partial charge in [-0.25, -0.2) is 0 Å². The second-order valence-corrected chi connectivity index (χ2v) is 6.81. The maximum atomic E-state index is 11.8. The highest BCUT2D eigenvalue weighted by Crippen LogP contribution is 2.23. The van der Waals surface area contributed by atoms with Crippen molar-refractivity contribution >= 4 is 52.5 Å². The van der Waals surface area contributed by atoms with Crippen LogP contribution in [0.25, 0.3) is 0 Å². The number of amides is 1. The van der Waals surface area contributed by atoms with Crippen molar-refractivity contribution in [1.29, 1.82) is 0 Å². The Bertz CT molecular complexity index is 732. The predicted molar refractivity (Wildman–Crippen MR) is 98.0 cm³/mol. The number of rotatable bonds is 6. The van der Waals surface area contributed by atoms with E-state index in [-0.39, 0.29) is 12.4 Å². The van der Waals surface area contributed by atoms with Gasteiger partial charge in [0, 0.05) is 20.6 Å². The largest absolute Gasteiger partial charge is 0.455 e. The molecule has 0 saturated heterocycles. The smallest absolute Gasteiger partial charge is 0.316 e. The summed E-state index contributed by atoms with van der Waals surface area (Å²) in [6, 6.07) is 12.4. The predicted octanol–water partition coefficient (Wildman–Crippen LogP) is 4.58. The third kappa shape index (κ3) is 6.07. The molecule has 24 heavy (non-hydrogen) atoms. The lowest BCUT2D eigenvalue weighted by atomic mass is 10.2. The number of hydrogen-bond acceptors (Lipinski definition) is 4. The molecule has 0 aliphatic heterocycles. The Hall–Kier alpha value is -1.69. The van der Waals surface area contributed by atoms with E-state index in [9.17, 15) is 9.59 Å². The van der Waals surface area contributed by atoms with Crippen LogP contribution in [0.4, 0.5) is 5.69 Å². The summed E-state index contributed by atoms with van der Waals surface area (Å²) < 4.78 is 4.96. The summed E-state index contributed by atoms with van der Waals surface area (Å²) >= 11 is 13.1. The maximum absolute atomic E-state index is 11.8. The summed E-state index contributed by atoms with van der Waals surface area (Å²) in [5, 5.41) is 3.38. The fraction of sp³-hybridized carbons (Fsp3) is 0.176. The van der Waals surface area contributed by atoms with Gasteiger partial charge in [0.15, 0.2) is 6.61 Å². The number of aryl methyl sites for hydroxylation is 1. The van der Waals surface area contributed by atoms with Gasteiger partial charge < -0.3 is 10.1 Å². The Morgan fingerprint density at radius 2 is 1.79 bits per heavy atom. The summed E-state index contributed by atoms with van der Waals surface area (Å²) in [6.45, 7) is 1.61. The van der Waals surface area contributed by atoms with Crippen molar-refractivity contribution in [2.24, 2.45) is 0 Å². The molecular weight excluding hydrogens is 369 g/mol. The minimum atomic E-state index is -0.456. The molecule has 2 rings (SSSR count). The lowest BCUT2D eigenvalue weighted by Crippen LogP contribution is -2.21. The molecule has 0 heterocycles. The van der Waals surface area contributed by atoms with Crippen molar-refractivity contribution in [3.8, 4) is 0 Å². The molecule has 0 atom stereocenters. The first-order valence-electron chi connectivity index (χ1n) is 7.04. The second-order valence-electron chi connectivity index (χ2n) is 4.92. The summed E-state index contributed by atoms with van der Waals surface area (Å²) in [6.07, 6.45) is 0. The van der Waals surface area contributed by atoms with Gasteiger partial charge >= 0.3 is 5.97 Å². The van der Waals surface area contributed by atoms with E-state index in [0.717, 1.165) is 10.5 Å². The zero-order valence-electron chi connectivity index (χ0n) is 12.8. The van der Waals surface area contributed by atoms with Crippen LogP contribution in [0, 0.1) is 6.92 Å². The van der Waals surface area contributed by atoms with E-state index in [2.05, 4.69) is 5.32 Å². The van der Waals surface area contributed by atoms with Gasteiger partial charge in [-0.15, -0.1) is 11.8 Å². The van der Waals surface area contributed by atoms with Gasteiger partial charge in [-0.1, -0.05) is 41.4 Å². The van der Waals surface area contributed by atoms with Crippen molar-refractivity contribution < 1.29 is 14.3 Å².